The third-order valence-electron chi connectivity index (χ3n) is 2.77. The van der Waals surface area contributed by atoms with Gasteiger partial charge in [0, 0.05) is 7.05 Å². The smallest absolute Gasteiger partial charge is 0.419 e. The van der Waals surface area contributed by atoms with Gasteiger partial charge in [-0.25, -0.2) is 14.0 Å². The number of aromatic carboxylic acids is 1. The Morgan fingerprint density at radius 2 is 1.76 bits per heavy atom. The lowest BCUT2D eigenvalue weighted by Crippen LogP contribution is -2.31. The standard InChI is InChI=1S/C15H12FNO4/c1-17(15(20)21-10-6-3-2-4-7-10)13-11(14(18)19)8-5-9-12(13)16/h2-9H,1H3,(H,18,19). The minimum absolute atomic E-state index is 0.280. The molecule has 0 saturated heterocycles. The molecule has 0 saturated carbocycles. The van der Waals surface area contributed by atoms with Gasteiger partial charge in [0.15, 0.2) is 0 Å². The summed E-state index contributed by atoms with van der Waals surface area (Å²) >= 11 is 0. The van der Waals surface area contributed by atoms with E-state index < -0.39 is 17.9 Å². The number of carbonyl (C=O) groups is 2. The van der Waals surface area contributed by atoms with Crippen LogP contribution in [0.25, 0.3) is 0 Å². The van der Waals surface area contributed by atoms with E-state index in [1.54, 1.807) is 30.3 Å². The van der Waals surface area contributed by atoms with Crippen LogP contribution in [0, 0.1) is 5.82 Å². The van der Waals surface area contributed by atoms with Gasteiger partial charge in [0.05, 0.1) is 11.3 Å². The Kier molecular flexibility index (Phi) is 4.18. The van der Waals surface area contributed by atoms with Gasteiger partial charge in [0.25, 0.3) is 0 Å². The maximum absolute atomic E-state index is 13.8. The van der Waals surface area contributed by atoms with Crippen molar-refractivity contribution in [1.82, 2.24) is 0 Å². The van der Waals surface area contributed by atoms with Gasteiger partial charge in [-0.1, -0.05) is 24.3 Å². The van der Waals surface area contributed by atoms with Crippen LogP contribution in [0.15, 0.2) is 48.5 Å². The van der Waals surface area contributed by atoms with Crippen molar-refractivity contribution in [2.24, 2.45) is 0 Å². The monoisotopic (exact) mass is 289 g/mol. The first-order valence-electron chi connectivity index (χ1n) is 6.03. The first-order valence-corrected chi connectivity index (χ1v) is 6.03. The molecule has 0 spiro atoms. The number of halogens is 1. The molecule has 0 fully saturated rings. The number of benzene rings is 2. The molecular weight excluding hydrogens is 277 g/mol. The Balaban J connectivity index is 2.30. The summed E-state index contributed by atoms with van der Waals surface area (Å²) in [6, 6.07) is 11.8. The molecule has 1 amide bonds. The van der Waals surface area contributed by atoms with E-state index in [1.165, 1.54) is 19.2 Å². The number of para-hydroxylation sites is 2. The summed E-state index contributed by atoms with van der Waals surface area (Å²) in [7, 11) is 1.25. The zero-order chi connectivity index (χ0) is 15.4. The molecule has 0 unspecified atom stereocenters. The molecule has 0 bridgehead atoms. The third-order valence-corrected chi connectivity index (χ3v) is 2.77. The van der Waals surface area contributed by atoms with Gasteiger partial charge in [-0.15, -0.1) is 0 Å². The molecule has 0 aromatic heterocycles. The fourth-order valence-corrected chi connectivity index (χ4v) is 1.78. The summed E-state index contributed by atoms with van der Waals surface area (Å²) in [6.45, 7) is 0. The topological polar surface area (TPSA) is 66.8 Å². The lowest BCUT2D eigenvalue weighted by molar-refractivity contribution is 0.0697. The minimum Gasteiger partial charge on any atom is -0.478 e. The van der Waals surface area contributed by atoms with Crippen molar-refractivity contribution in [3.8, 4) is 5.75 Å². The van der Waals surface area contributed by atoms with Gasteiger partial charge < -0.3 is 9.84 Å². The molecule has 0 aliphatic rings. The van der Waals surface area contributed by atoms with E-state index >= 15 is 0 Å². The zero-order valence-electron chi connectivity index (χ0n) is 11.1. The largest absolute Gasteiger partial charge is 0.478 e. The number of carbonyl (C=O) groups excluding carboxylic acids is 1. The number of ether oxygens (including phenoxy) is 1. The number of carboxylic acids is 1. The van der Waals surface area contributed by atoms with Crippen molar-refractivity contribution in [3.63, 3.8) is 0 Å². The van der Waals surface area contributed by atoms with Gasteiger partial charge in [-0.3, -0.25) is 4.90 Å². The Morgan fingerprint density at radius 3 is 2.38 bits per heavy atom. The summed E-state index contributed by atoms with van der Waals surface area (Å²) in [5, 5.41) is 9.07. The van der Waals surface area contributed by atoms with E-state index in [0.717, 1.165) is 11.0 Å². The Bertz CT molecular complexity index is 673. The lowest BCUT2D eigenvalue weighted by Gasteiger charge is -2.19. The van der Waals surface area contributed by atoms with Crippen LogP contribution in [-0.2, 0) is 0 Å². The van der Waals surface area contributed by atoms with Crippen LogP contribution in [-0.4, -0.2) is 24.2 Å². The van der Waals surface area contributed by atoms with Crippen molar-refractivity contribution in [2.45, 2.75) is 0 Å². The highest BCUT2D eigenvalue weighted by Crippen LogP contribution is 2.24. The third kappa shape index (κ3) is 3.17. The molecule has 0 heterocycles. The van der Waals surface area contributed by atoms with E-state index in [-0.39, 0.29) is 17.0 Å². The van der Waals surface area contributed by atoms with E-state index in [9.17, 15) is 14.0 Å². The number of anilines is 1. The van der Waals surface area contributed by atoms with Crippen molar-refractivity contribution in [3.05, 3.63) is 59.9 Å². The first-order chi connectivity index (χ1) is 10.0. The second-order valence-electron chi connectivity index (χ2n) is 4.18. The molecule has 2 aromatic rings. The van der Waals surface area contributed by atoms with E-state index in [2.05, 4.69) is 0 Å². The van der Waals surface area contributed by atoms with Crippen LogP contribution in [0.3, 0.4) is 0 Å². The molecule has 21 heavy (non-hydrogen) atoms. The Morgan fingerprint density at radius 1 is 1.10 bits per heavy atom. The van der Waals surface area contributed by atoms with Gasteiger partial charge in [-0.2, -0.15) is 0 Å². The maximum Gasteiger partial charge on any atom is 0.419 e. The summed E-state index contributed by atoms with van der Waals surface area (Å²) < 4.78 is 18.9. The molecule has 0 radical (unpaired) electrons. The summed E-state index contributed by atoms with van der Waals surface area (Å²) in [5.74, 6) is -1.87. The SMILES string of the molecule is CN(C(=O)Oc1ccccc1)c1c(F)cccc1C(=O)O. The van der Waals surface area contributed by atoms with Crippen molar-refractivity contribution in [2.75, 3.05) is 11.9 Å². The molecule has 0 aliphatic heterocycles. The van der Waals surface area contributed by atoms with Crippen LogP contribution < -0.4 is 9.64 Å². The molecule has 1 N–H and O–H groups in total. The van der Waals surface area contributed by atoms with Gasteiger partial charge in [-0.05, 0) is 24.3 Å². The molecule has 2 rings (SSSR count). The molecule has 5 nitrogen and oxygen atoms in total. The van der Waals surface area contributed by atoms with Crippen LogP contribution in [0.5, 0.6) is 5.75 Å². The van der Waals surface area contributed by atoms with Crippen molar-refractivity contribution in [1.29, 1.82) is 0 Å². The molecule has 2 aromatic carbocycles. The van der Waals surface area contributed by atoms with Gasteiger partial charge in [0.1, 0.15) is 11.6 Å². The number of rotatable bonds is 3. The molecule has 0 atom stereocenters. The quantitative estimate of drug-likeness (QED) is 0.942. The molecule has 0 aliphatic carbocycles. The highest BCUT2D eigenvalue weighted by atomic mass is 19.1. The number of hydrogen-bond donors (Lipinski definition) is 1. The number of hydrogen-bond acceptors (Lipinski definition) is 3. The van der Waals surface area contributed by atoms with E-state index in [1.807, 2.05) is 0 Å². The van der Waals surface area contributed by atoms with Crippen molar-refractivity contribution < 1.29 is 23.8 Å². The second-order valence-corrected chi connectivity index (χ2v) is 4.18. The number of nitrogens with zero attached hydrogens (tertiary/aromatic N) is 1. The Hall–Kier alpha value is -2.89. The fraction of sp³-hybridized carbons (Fsp3) is 0.0667. The first kappa shape index (κ1) is 14.5. The maximum atomic E-state index is 13.8. The normalized spacial score (nSPS) is 10.0. The predicted molar refractivity (Wildman–Crippen MR) is 74.2 cm³/mol. The number of amides is 1. The van der Waals surface area contributed by atoms with Crippen LogP contribution in [0.2, 0.25) is 0 Å². The van der Waals surface area contributed by atoms with Crippen LogP contribution in [0.1, 0.15) is 10.4 Å². The average molecular weight is 289 g/mol. The van der Waals surface area contributed by atoms with Gasteiger partial charge in [0.2, 0.25) is 0 Å². The molecule has 6 heteroatoms. The van der Waals surface area contributed by atoms with Crippen molar-refractivity contribution >= 4 is 17.7 Å². The predicted octanol–water partition coefficient (Wildman–Crippen LogP) is 3.16. The highest BCUT2D eigenvalue weighted by molar-refractivity contribution is 6.00. The molecule has 108 valence electrons. The summed E-state index contributed by atoms with van der Waals surface area (Å²) in [6.07, 6.45) is -0.881. The molecular formula is C15H12FNO4. The minimum atomic E-state index is -1.33. The van der Waals surface area contributed by atoms with Crippen LogP contribution >= 0.6 is 0 Å². The average Bonchev–Trinajstić information content (AvgIpc) is 2.47. The van der Waals surface area contributed by atoms with Gasteiger partial charge >= 0.3 is 12.1 Å². The second kappa shape index (κ2) is 6.04. The van der Waals surface area contributed by atoms with E-state index in [4.69, 9.17) is 9.84 Å². The summed E-state index contributed by atoms with van der Waals surface area (Å²) in [5.41, 5.74) is -0.659. The highest BCUT2D eigenvalue weighted by Gasteiger charge is 2.23. The lowest BCUT2D eigenvalue weighted by atomic mass is 10.1. The van der Waals surface area contributed by atoms with E-state index in [0.29, 0.717) is 0 Å². The zero-order valence-corrected chi connectivity index (χ0v) is 11.1. The summed E-state index contributed by atoms with van der Waals surface area (Å²) in [4.78, 5) is 23.9. The number of carboxylic acid groups (broad SMARTS) is 1. The van der Waals surface area contributed by atoms with Crippen LogP contribution in [0.4, 0.5) is 14.9 Å². The Labute approximate surface area is 120 Å². The fourth-order valence-electron chi connectivity index (χ4n) is 1.78.